The van der Waals surface area contributed by atoms with Gasteiger partial charge in [-0.05, 0) is 104 Å². The van der Waals surface area contributed by atoms with E-state index in [4.69, 9.17) is 19.9 Å². The topological polar surface area (TPSA) is 51.6 Å². The van der Waals surface area contributed by atoms with Crippen molar-refractivity contribution in [3.05, 3.63) is 242 Å². The molecule has 0 fully saturated rings. The zero-order valence-electron chi connectivity index (χ0n) is 35.9. The molecule has 0 atom stereocenters. The summed E-state index contributed by atoms with van der Waals surface area (Å²) in [5, 5.41) is 4.33. The molecular weight excluding hydrogens is 801 g/mol. The molecule has 0 amide bonds. The maximum absolute atomic E-state index is 5.29. The van der Waals surface area contributed by atoms with E-state index in [0.29, 0.717) is 0 Å². The van der Waals surface area contributed by atoms with Crippen molar-refractivity contribution >= 4 is 55.8 Å². The molecule has 0 N–H and O–H groups in total. The summed E-state index contributed by atoms with van der Waals surface area (Å²) in [6.07, 6.45) is 8.13. The van der Waals surface area contributed by atoms with Crippen LogP contribution in [0.25, 0.3) is 123 Å². The van der Waals surface area contributed by atoms with E-state index in [1.165, 1.54) is 0 Å². The van der Waals surface area contributed by atoms with Gasteiger partial charge in [0.05, 0.1) is 33.5 Å². The Kier molecular flexibility index (Phi) is 9.81. The van der Waals surface area contributed by atoms with Crippen LogP contribution in [0.5, 0.6) is 0 Å². The predicted octanol–water partition coefficient (Wildman–Crippen LogP) is 16.1. The number of benzene rings is 8. The smallest absolute Gasteiger partial charge is 0.0723 e. The van der Waals surface area contributed by atoms with Gasteiger partial charge in [0.15, 0.2) is 0 Å². The van der Waals surface area contributed by atoms with Gasteiger partial charge in [0.1, 0.15) is 0 Å². The van der Waals surface area contributed by atoms with Crippen molar-refractivity contribution < 1.29 is 0 Å². The summed E-state index contributed by atoms with van der Waals surface area (Å²) < 4.78 is 0. The Morgan fingerprint density at radius 2 is 0.576 bits per heavy atom. The predicted molar refractivity (Wildman–Crippen MR) is 276 cm³/mol. The Morgan fingerprint density at radius 3 is 0.939 bits per heavy atom. The van der Waals surface area contributed by atoms with Gasteiger partial charge in [0.2, 0.25) is 0 Å². The lowest BCUT2D eigenvalue weighted by Gasteiger charge is -2.13. The van der Waals surface area contributed by atoms with E-state index in [2.05, 4.69) is 218 Å². The van der Waals surface area contributed by atoms with E-state index in [-0.39, 0.29) is 0 Å². The van der Waals surface area contributed by atoms with Crippen LogP contribution in [0.15, 0.2) is 231 Å². The third-order valence-electron chi connectivity index (χ3n) is 12.6. The summed E-state index contributed by atoms with van der Waals surface area (Å²) in [6.45, 7) is 0. The first-order chi connectivity index (χ1) is 32.7. The first-order valence-corrected chi connectivity index (χ1v) is 22.3. The zero-order chi connectivity index (χ0) is 43.8. The highest BCUT2D eigenvalue weighted by atomic mass is 14.7. The zero-order valence-corrected chi connectivity index (χ0v) is 35.9. The molecule has 0 saturated heterocycles. The number of hydrogen-bond acceptors (Lipinski definition) is 4. The molecule has 0 aliphatic heterocycles. The molecule has 0 spiro atoms. The first-order valence-electron chi connectivity index (χ1n) is 22.3. The number of fused-ring (bicyclic) bond motifs is 4. The van der Waals surface area contributed by atoms with Crippen molar-refractivity contribution in [2.24, 2.45) is 0 Å². The van der Waals surface area contributed by atoms with Gasteiger partial charge in [-0.2, -0.15) is 0 Å². The first kappa shape index (κ1) is 38.8. The monoisotopic (exact) mass is 840 g/mol. The Hall–Kier alpha value is -8.86. The fraction of sp³-hybridized carbons (Fsp3) is 0. The molecule has 0 aliphatic carbocycles. The third-order valence-corrected chi connectivity index (χ3v) is 12.6. The van der Waals surface area contributed by atoms with Gasteiger partial charge >= 0.3 is 0 Å². The van der Waals surface area contributed by atoms with Gasteiger partial charge in [0, 0.05) is 45.1 Å². The summed E-state index contributed by atoms with van der Waals surface area (Å²) >= 11 is 0. The molecule has 0 aliphatic rings. The molecule has 66 heavy (non-hydrogen) atoms. The highest BCUT2D eigenvalue weighted by molar-refractivity contribution is 6.09. The van der Waals surface area contributed by atoms with Crippen molar-refractivity contribution in [2.45, 2.75) is 0 Å². The van der Waals surface area contributed by atoms with E-state index >= 15 is 0 Å². The Balaban J connectivity index is 0.861. The maximum Gasteiger partial charge on any atom is 0.0723 e. The van der Waals surface area contributed by atoms with Crippen molar-refractivity contribution in [1.29, 1.82) is 0 Å². The van der Waals surface area contributed by atoms with Gasteiger partial charge < -0.3 is 0 Å². The second-order valence-electron chi connectivity index (χ2n) is 16.6. The Morgan fingerprint density at radius 1 is 0.258 bits per heavy atom. The second-order valence-corrected chi connectivity index (χ2v) is 16.6. The van der Waals surface area contributed by atoms with E-state index in [9.17, 15) is 0 Å². The number of nitrogens with zero attached hydrogens (tertiary/aromatic N) is 4. The quantitative estimate of drug-likeness (QED) is 0.113. The fourth-order valence-electron chi connectivity index (χ4n) is 9.20. The van der Waals surface area contributed by atoms with Crippen LogP contribution < -0.4 is 0 Å². The van der Waals surface area contributed by atoms with E-state index in [1.54, 1.807) is 0 Å². The summed E-state index contributed by atoms with van der Waals surface area (Å²) in [5.74, 6) is 0. The number of hydrogen-bond donors (Lipinski definition) is 0. The lowest BCUT2D eigenvalue weighted by atomic mass is 9.95. The van der Waals surface area contributed by atoms with E-state index in [1.807, 2.05) is 24.5 Å². The minimum atomic E-state index is 0.927. The van der Waals surface area contributed by atoms with Crippen LogP contribution in [0.3, 0.4) is 0 Å². The molecule has 12 aromatic rings. The maximum atomic E-state index is 5.29. The lowest BCUT2D eigenvalue weighted by Crippen LogP contribution is -1.92. The molecule has 8 aromatic carbocycles. The molecule has 4 nitrogen and oxygen atoms in total. The largest absolute Gasteiger partial charge is 0.256 e. The molecule has 0 saturated carbocycles. The Labute approximate surface area is 382 Å². The highest BCUT2D eigenvalue weighted by Gasteiger charge is 2.16. The SMILES string of the molecule is C(=C\c1ccc(-c2cc(-c3ccccc3)c3cc4nccc(-c5ccccc5)c4cc3n2)cc1)/c1ccc(-c2cc(-c3ccccc3)c3cc4nccc(-c5ccccc5)c4cc3n2)cc1. The molecular formula is C62H40N4. The van der Waals surface area contributed by atoms with E-state index < -0.39 is 0 Å². The van der Waals surface area contributed by atoms with Gasteiger partial charge in [-0.15, -0.1) is 0 Å². The standard InChI is InChI=1S/C62H40N4/c1-5-13-43(14-6-1)49-31-33-63-59-37-55-51(45-17-9-3-10-18-45)35-57(65-61(55)39-53(49)59)47-27-23-41(24-28-47)21-22-42-25-29-48(30-26-42)58-36-52(46-19-11-4-12-20-46)56-38-60-54(40-62(56)66-58)50(32-34-64-60)44-15-7-2-8-16-44/h1-40H/b22-21+. The minimum Gasteiger partial charge on any atom is -0.256 e. The van der Waals surface area contributed by atoms with Crippen LogP contribution >= 0.6 is 0 Å². The van der Waals surface area contributed by atoms with Crippen molar-refractivity contribution in [1.82, 2.24) is 19.9 Å². The molecule has 308 valence electrons. The third kappa shape index (κ3) is 7.36. The van der Waals surface area contributed by atoms with Crippen molar-refractivity contribution in [2.75, 3.05) is 0 Å². The average molecular weight is 841 g/mol. The van der Waals surface area contributed by atoms with Crippen LogP contribution in [0, 0.1) is 0 Å². The number of aromatic nitrogens is 4. The second kappa shape index (κ2) is 16.7. The van der Waals surface area contributed by atoms with Crippen LogP contribution in [-0.2, 0) is 0 Å². The summed E-state index contributed by atoms with van der Waals surface area (Å²) in [6, 6.07) is 76.9. The van der Waals surface area contributed by atoms with Gasteiger partial charge in [-0.25, -0.2) is 9.97 Å². The lowest BCUT2D eigenvalue weighted by molar-refractivity contribution is 1.38. The molecule has 0 radical (unpaired) electrons. The van der Waals surface area contributed by atoms with Crippen LogP contribution in [0.2, 0.25) is 0 Å². The summed E-state index contributed by atoms with van der Waals surface area (Å²) in [7, 11) is 0. The normalized spacial score (nSPS) is 11.6. The summed E-state index contributed by atoms with van der Waals surface area (Å²) in [4.78, 5) is 20.2. The minimum absolute atomic E-state index is 0.927. The van der Waals surface area contributed by atoms with Gasteiger partial charge in [-0.1, -0.05) is 182 Å². The molecule has 4 aromatic heterocycles. The van der Waals surface area contributed by atoms with Crippen molar-refractivity contribution in [3.63, 3.8) is 0 Å². The molecule has 4 heteroatoms. The van der Waals surface area contributed by atoms with Gasteiger partial charge in [-0.3, -0.25) is 9.97 Å². The van der Waals surface area contributed by atoms with Crippen LogP contribution in [0.1, 0.15) is 11.1 Å². The summed E-state index contributed by atoms with van der Waals surface area (Å²) in [5.41, 5.74) is 19.1. The number of rotatable bonds is 8. The van der Waals surface area contributed by atoms with E-state index in [0.717, 1.165) is 122 Å². The van der Waals surface area contributed by atoms with Crippen LogP contribution in [0.4, 0.5) is 0 Å². The van der Waals surface area contributed by atoms with Gasteiger partial charge in [0.25, 0.3) is 0 Å². The number of pyridine rings is 4. The Bertz CT molecular complexity index is 3510. The fourth-order valence-corrected chi connectivity index (χ4v) is 9.20. The van der Waals surface area contributed by atoms with Crippen LogP contribution in [-0.4, -0.2) is 19.9 Å². The molecule has 12 rings (SSSR count). The van der Waals surface area contributed by atoms with Crippen molar-refractivity contribution in [3.8, 4) is 67.0 Å². The molecule has 0 unspecified atom stereocenters. The highest BCUT2D eigenvalue weighted by Crippen LogP contribution is 2.39. The molecule has 0 bridgehead atoms. The average Bonchev–Trinajstić information content (AvgIpc) is 3.39. The molecule has 4 heterocycles.